The van der Waals surface area contributed by atoms with E-state index in [9.17, 15) is 28.8 Å². The first-order chi connectivity index (χ1) is 12.2. The predicted molar refractivity (Wildman–Crippen MR) is 85.4 cm³/mol. The minimum atomic E-state index is -1.22. The van der Waals surface area contributed by atoms with Crippen molar-refractivity contribution in [1.29, 1.82) is 0 Å². The van der Waals surface area contributed by atoms with Crippen LogP contribution in [0.3, 0.4) is 0 Å². The Morgan fingerprint density at radius 1 is 0.769 bits per heavy atom. The monoisotopic (exact) mass is 372 g/mol. The summed E-state index contributed by atoms with van der Waals surface area (Å²) in [5, 5.41) is 17.0. The Kier molecular flexibility index (Phi) is 11.2. The van der Waals surface area contributed by atoms with E-state index in [4.69, 9.17) is 5.11 Å². The molecule has 0 aromatic rings. The number of amides is 4. The summed E-state index contributed by atoms with van der Waals surface area (Å²) in [6, 6.07) is 0. The van der Waals surface area contributed by atoms with Gasteiger partial charge in [-0.2, -0.15) is 0 Å². The molecule has 0 unspecified atom stereocenters. The van der Waals surface area contributed by atoms with Gasteiger partial charge in [0, 0.05) is 6.08 Å². The van der Waals surface area contributed by atoms with Crippen LogP contribution < -0.4 is 21.3 Å². The third-order valence-corrected chi connectivity index (χ3v) is 2.52. The second-order valence-corrected chi connectivity index (χ2v) is 4.62. The Bertz CT molecular complexity index is 575. The van der Waals surface area contributed by atoms with Crippen molar-refractivity contribution in [1.82, 2.24) is 21.3 Å². The Balaban J connectivity index is 3.80. The molecule has 12 nitrogen and oxygen atoms in total. The Labute approximate surface area is 148 Å². The van der Waals surface area contributed by atoms with Gasteiger partial charge >= 0.3 is 11.9 Å². The minimum Gasteiger partial charge on any atom is -0.480 e. The van der Waals surface area contributed by atoms with Gasteiger partial charge in [-0.3, -0.25) is 24.0 Å². The molecule has 0 atom stereocenters. The zero-order chi connectivity index (χ0) is 19.9. The molecule has 0 spiro atoms. The molecule has 0 aliphatic rings. The van der Waals surface area contributed by atoms with Crippen LogP contribution in [0.2, 0.25) is 0 Å². The summed E-state index contributed by atoms with van der Waals surface area (Å²) < 4.78 is 4.59. The molecule has 0 fully saturated rings. The number of carboxylic acids is 1. The largest absolute Gasteiger partial charge is 0.480 e. The van der Waals surface area contributed by atoms with Crippen LogP contribution in [0.25, 0.3) is 0 Å². The van der Waals surface area contributed by atoms with E-state index in [1.54, 1.807) is 0 Å². The molecule has 0 aromatic heterocycles. The van der Waals surface area contributed by atoms with Crippen molar-refractivity contribution in [2.45, 2.75) is 6.42 Å². The topological polar surface area (TPSA) is 180 Å². The number of ether oxygens (including phenoxy) is 1. The normalized spacial score (nSPS) is 9.38. The van der Waals surface area contributed by atoms with Crippen LogP contribution in [-0.2, 0) is 33.5 Å². The summed E-state index contributed by atoms with van der Waals surface area (Å²) in [5.74, 6) is -4.44. The second-order valence-electron chi connectivity index (χ2n) is 4.62. The Hall–Kier alpha value is -3.44. The number of aliphatic carboxylic acids is 1. The van der Waals surface area contributed by atoms with Gasteiger partial charge in [0.2, 0.25) is 23.6 Å². The van der Waals surface area contributed by atoms with Gasteiger partial charge in [0.05, 0.1) is 26.1 Å². The van der Waals surface area contributed by atoms with Crippen LogP contribution in [0.1, 0.15) is 6.42 Å². The summed E-state index contributed by atoms with van der Waals surface area (Å²) in [6.07, 6.45) is 0.811. The molecule has 4 amide bonds. The van der Waals surface area contributed by atoms with E-state index in [1.807, 2.05) is 5.32 Å². The maximum absolute atomic E-state index is 11.4. The number of hydrogen-bond donors (Lipinski definition) is 5. The number of hydrogen-bond acceptors (Lipinski definition) is 7. The van der Waals surface area contributed by atoms with Crippen molar-refractivity contribution < 1.29 is 38.6 Å². The molecular weight excluding hydrogens is 352 g/mol. The lowest BCUT2D eigenvalue weighted by molar-refractivity contribution is -0.139. The van der Waals surface area contributed by atoms with Crippen LogP contribution >= 0.6 is 0 Å². The van der Waals surface area contributed by atoms with Gasteiger partial charge in [0.1, 0.15) is 13.2 Å². The first-order valence-electron chi connectivity index (χ1n) is 7.32. The number of nitrogens with one attached hydrogen (secondary N) is 4. The summed E-state index contributed by atoms with van der Waals surface area (Å²) in [7, 11) is 0. The molecule has 0 aliphatic heterocycles. The quantitative estimate of drug-likeness (QED) is 0.174. The van der Waals surface area contributed by atoms with Gasteiger partial charge in [-0.05, 0) is 0 Å². The molecule has 5 N–H and O–H groups in total. The summed E-state index contributed by atoms with van der Waals surface area (Å²) >= 11 is 0. The Morgan fingerprint density at radius 2 is 1.19 bits per heavy atom. The van der Waals surface area contributed by atoms with E-state index in [0.29, 0.717) is 0 Å². The SMILES string of the molecule is C=CC(=O)OCCC(=O)NCC(=O)NCC(=O)NCC(=O)NCC(=O)O. The zero-order valence-corrected chi connectivity index (χ0v) is 13.8. The first kappa shape index (κ1) is 22.6. The number of carboxylic acid groups (broad SMARTS) is 1. The van der Waals surface area contributed by atoms with Gasteiger partial charge in [-0.15, -0.1) is 0 Å². The van der Waals surface area contributed by atoms with Crippen molar-refractivity contribution in [2.24, 2.45) is 0 Å². The van der Waals surface area contributed by atoms with Gasteiger partial charge in [0.25, 0.3) is 0 Å². The van der Waals surface area contributed by atoms with Crippen molar-refractivity contribution in [3.05, 3.63) is 12.7 Å². The predicted octanol–water partition coefficient (Wildman–Crippen LogP) is -3.34. The van der Waals surface area contributed by atoms with Crippen LogP contribution in [0.4, 0.5) is 0 Å². The summed E-state index contributed by atoms with van der Waals surface area (Å²) in [4.78, 5) is 66.3. The summed E-state index contributed by atoms with van der Waals surface area (Å²) in [5.41, 5.74) is 0. The molecule has 0 rings (SSSR count). The lowest BCUT2D eigenvalue weighted by Gasteiger charge is -2.08. The highest BCUT2D eigenvalue weighted by Gasteiger charge is 2.10. The molecule has 0 aliphatic carbocycles. The Morgan fingerprint density at radius 3 is 1.62 bits per heavy atom. The highest BCUT2D eigenvalue weighted by Crippen LogP contribution is 1.85. The molecule has 0 bridgehead atoms. The van der Waals surface area contributed by atoms with Crippen molar-refractivity contribution in [2.75, 3.05) is 32.8 Å². The average molecular weight is 372 g/mol. The van der Waals surface area contributed by atoms with E-state index in [-0.39, 0.29) is 19.6 Å². The molecule has 0 heterocycles. The van der Waals surface area contributed by atoms with Crippen molar-refractivity contribution >= 4 is 35.6 Å². The van der Waals surface area contributed by atoms with E-state index in [2.05, 4.69) is 27.3 Å². The van der Waals surface area contributed by atoms with Gasteiger partial charge in [-0.25, -0.2) is 4.79 Å². The fourth-order valence-corrected chi connectivity index (χ4v) is 1.29. The standard InChI is InChI=1S/C14H20N4O8/c1-2-14(25)26-4-3-9(19)15-5-10(20)16-6-11(21)17-7-12(22)18-8-13(23)24/h2H,1,3-8H2,(H,15,19)(H,16,20)(H,17,21)(H,18,22)(H,23,24). The maximum atomic E-state index is 11.4. The molecule has 0 saturated carbocycles. The van der Waals surface area contributed by atoms with Crippen molar-refractivity contribution in [3.8, 4) is 0 Å². The lowest BCUT2D eigenvalue weighted by Crippen LogP contribution is -2.44. The molecular formula is C14H20N4O8. The molecule has 0 radical (unpaired) electrons. The fraction of sp³-hybridized carbons (Fsp3) is 0.429. The van der Waals surface area contributed by atoms with Crippen LogP contribution in [0.15, 0.2) is 12.7 Å². The number of rotatable bonds is 12. The smallest absolute Gasteiger partial charge is 0.330 e. The molecule has 12 heteroatoms. The van der Waals surface area contributed by atoms with Crippen LogP contribution in [0, 0.1) is 0 Å². The molecule has 0 aromatic carbocycles. The second kappa shape index (κ2) is 12.9. The van der Waals surface area contributed by atoms with E-state index in [0.717, 1.165) is 6.08 Å². The number of esters is 1. The van der Waals surface area contributed by atoms with E-state index >= 15 is 0 Å². The third kappa shape index (κ3) is 13.0. The van der Waals surface area contributed by atoms with E-state index < -0.39 is 55.2 Å². The average Bonchev–Trinajstić information content (AvgIpc) is 2.60. The molecule has 26 heavy (non-hydrogen) atoms. The summed E-state index contributed by atoms with van der Waals surface area (Å²) in [6.45, 7) is 1.19. The van der Waals surface area contributed by atoms with Crippen LogP contribution in [0.5, 0.6) is 0 Å². The van der Waals surface area contributed by atoms with Gasteiger partial charge in [0.15, 0.2) is 0 Å². The van der Waals surface area contributed by atoms with E-state index in [1.165, 1.54) is 0 Å². The van der Waals surface area contributed by atoms with Gasteiger partial charge < -0.3 is 31.1 Å². The van der Waals surface area contributed by atoms with Crippen molar-refractivity contribution in [3.63, 3.8) is 0 Å². The number of carbonyl (C=O) groups excluding carboxylic acids is 5. The highest BCUT2D eigenvalue weighted by molar-refractivity contribution is 5.90. The fourth-order valence-electron chi connectivity index (χ4n) is 1.29. The molecule has 144 valence electrons. The lowest BCUT2D eigenvalue weighted by atomic mass is 10.4. The van der Waals surface area contributed by atoms with Crippen LogP contribution in [-0.4, -0.2) is 73.5 Å². The minimum absolute atomic E-state index is 0.140. The first-order valence-corrected chi connectivity index (χ1v) is 7.32. The highest BCUT2D eigenvalue weighted by atomic mass is 16.5. The number of carbonyl (C=O) groups is 6. The maximum Gasteiger partial charge on any atom is 0.330 e. The zero-order valence-electron chi connectivity index (χ0n) is 13.8. The third-order valence-electron chi connectivity index (χ3n) is 2.52. The van der Waals surface area contributed by atoms with Gasteiger partial charge in [-0.1, -0.05) is 6.58 Å². The molecule has 0 saturated heterocycles.